The van der Waals surface area contributed by atoms with E-state index < -0.39 is 0 Å². The van der Waals surface area contributed by atoms with Crippen LogP contribution >= 0.6 is 11.8 Å². The van der Waals surface area contributed by atoms with Crippen LogP contribution in [-0.4, -0.2) is 24.5 Å². The third kappa shape index (κ3) is 3.43. The number of hydrazine groups is 1. The van der Waals surface area contributed by atoms with Crippen LogP contribution in [0.5, 0.6) is 0 Å². The minimum absolute atomic E-state index is 0.0954. The number of hydrogen-bond acceptors (Lipinski definition) is 4. The van der Waals surface area contributed by atoms with Gasteiger partial charge in [0.1, 0.15) is 0 Å². The molecule has 5 heteroatoms. The Hall–Kier alpha value is -1.20. The Labute approximate surface area is 100.0 Å². The first-order valence-corrected chi connectivity index (χ1v) is 6.43. The summed E-state index contributed by atoms with van der Waals surface area (Å²) in [6, 6.07) is 5.52. The summed E-state index contributed by atoms with van der Waals surface area (Å²) in [4.78, 5) is 11.8. The number of nitrogen functional groups attached to an aromatic ring is 1. The fourth-order valence-corrected chi connectivity index (χ4v) is 1.64. The molecule has 0 unspecified atom stereocenters. The van der Waals surface area contributed by atoms with E-state index in [1.165, 1.54) is 0 Å². The van der Waals surface area contributed by atoms with Crippen LogP contribution in [0.15, 0.2) is 18.2 Å². The van der Waals surface area contributed by atoms with Gasteiger partial charge in [0.15, 0.2) is 0 Å². The molecule has 0 heterocycles. The Morgan fingerprint density at radius 3 is 2.88 bits per heavy atom. The molecule has 4 N–H and O–H groups in total. The lowest BCUT2D eigenvalue weighted by Gasteiger charge is -2.10. The summed E-state index contributed by atoms with van der Waals surface area (Å²) in [6.45, 7) is 2.62. The number of anilines is 1. The SMILES string of the molecule is CSCCNC(=O)c1ccc(C)cc1NN. The molecule has 16 heavy (non-hydrogen) atoms. The molecule has 0 radical (unpaired) electrons. The number of amides is 1. The monoisotopic (exact) mass is 239 g/mol. The van der Waals surface area contributed by atoms with Crippen LogP contribution in [0.4, 0.5) is 5.69 Å². The number of nitrogens with one attached hydrogen (secondary N) is 2. The van der Waals surface area contributed by atoms with Crippen LogP contribution in [0.1, 0.15) is 15.9 Å². The Morgan fingerprint density at radius 1 is 1.50 bits per heavy atom. The molecule has 0 saturated carbocycles. The molecule has 0 aliphatic carbocycles. The smallest absolute Gasteiger partial charge is 0.253 e. The molecular weight excluding hydrogens is 222 g/mol. The van der Waals surface area contributed by atoms with Crippen molar-refractivity contribution in [3.8, 4) is 0 Å². The van der Waals surface area contributed by atoms with Gasteiger partial charge in [-0.05, 0) is 30.9 Å². The molecular formula is C11H17N3OS. The highest BCUT2D eigenvalue weighted by molar-refractivity contribution is 7.98. The first-order chi connectivity index (χ1) is 7.69. The van der Waals surface area contributed by atoms with Crippen molar-refractivity contribution in [1.82, 2.24) is 5.32 Å². The summed E-state index contributed by atoms with van der Waals surface area (Å²) in [5, 5.41) is 2.84. The van der Waals surface area contributed by atoms with Gasteiger partial charge in [-0.1, -0.05) is 6.07 Å². The molecule has 0 saturated heterocycles. The average Bonchev–Trinajstić information content (AvgIpc) is 2.29. The molecule has 1 rings (SSSR count). The summed E-state index contributed by atoms with van der Waals surface area (Å²) in [5.74, 6) is 6.19. The topological polar surface area (TPSA) is 67.2 Å². The summed E-state index contributed by atoms with van der Waals surface area (Å²) in [5.41, 5.74) is 4.84. The van der Waals surface area contributed by atoms with Gasteiger partial charge in [0.2, 0.25) is 0 Å². The van der Waals surface area contributed by atoms with Crippen molar-refractivity contribution in [2.24, 2.45) is 5.84 Å². The summed E-state index contributed by atoms with van der Waals surface area (Å²) < 4.78 is 0. The lowest BCUT2D eigenvalue weighted by Crippen LogP contribution is -2.27. The van der Waals surface area contributed by atoms with Crippen LogP contribution in [0.3, 0.4) is 0 Å². The number of aryl methyl sites for hydroxylation is 1. The van der Waals surface area contributed by atoms with Crippen LogP contribution in [0, 0.1) is 6.92 Å². The fourth-order valence-electron chi connectivity index (χ4n) is 1.34. The highest BCUT2D eigenvalue weighted by atomic mass is 32.2. The fraction of sp³-hybridized carbons (Fsp3) is 0.364. The normalized spacial score (nSPS) is 9.94. The van der Waals surface area contributed by atoms with Crippen molar-refractivity contribution in [3.05, 3.63) is 29.3 Å². The molecule has 0 aliphatic heterocycles. The maximum absolute atomic E-state index is 11.8. The largest absolute Gasteiger partial charge is 0.351 e. The van der Waals surface area contributed by atoms with Crippen molar-refractivity contribution >= 4 is 23.4 Å². The maximum atomic E-state index is 11.8. The average molecular weight is 239 g/mol. The Balaban J connectivity index is 2.74. The number of rotatable bonds is 5. The van der Waals surface area contributed by atoms with E-state index in [0.717, 1.165) is 11.3 Å². The van der Waals surface area contributed by atoms with Crippen LogP contribution in [0.25, 0.3) is 0 Å². The Kier molecular flexibility index (Phi) is 5.14. The number of thioether (sulfide) groups is 1. The van der Waals surface area contributed by atoms with E-state index >= 15 is 0 Å². The predicted molar refractivity (Wildman–Crippen MR) is 69.7 cm³/mol. The maximum Gasteiger partial charge on any atom is 0.253 e. The van der Waals surface area contributed by atoms with E-state index in [9.17, 15) is 4.79 Å². The number of carbonyl (C=O) groups excluding carboxylic acids is 1. The number of nitrogens with two attached hydrogens (primary N) is 1. The van der Waals surface area contributed by atoms with Gasteiger partial charge in [-0.25, -0.2) is 0 Å². The van der Waals surface area contributed by atoms with Gasteiger partial charge >= 0.3 is 0 Å². The van der Waals surface area contributed by atoms with Gasteiger partial charge in [-0.2, -0.15) is 11.8 Å². The minimum atomic E-state index is -0.0954. The first-order valence-electron chi connectivity index (χ1n) is 5.03. The zero-order chi connectivity index (χ0) is 12.0. The van der Waals surface area contributed by atoms with Crippen molar-refractivity contribution in [2.45, 2.75) is 6.92 Å². The number of carbonyl (C=O) groups is 1. The van der Waals surface area contributed by atoms with Gasteiger partial charge < -0.3 is 10.7 Å². The zero-order valence-corrected chi connectivity index (χ0v) is 10.4. The van der Waals surface area contributed by atoms with Gasteiger partial charge in [0, 0.05) is 12.3 Å². The molecule has 0 bridgehead atoms. The lowest BCUT2D eigenvalue weighted by molar-refractivity contribution is 0.0957. The van der Waals surface area contributed by atoms with Crippen molar-refractivity contribution < 1.29 is 4.79 Å². The predicted octanol–water partition coefficient (Wildman–Crippen LogP) is 1.37. The molecule has 88 valence electrons. The zero-order valence-electron chi connectivity index (χ0n) is 9.54. The van der Waals surface area contributed by atoms with Gasteiger partial charge in [0.05, 0.1) is 11.3 Å². The van der Waals surface area contributed by atoms with Crippen LogP contribution in [0.2, 0.25) is 0 Å². The second kappa shape index (κ2) is 6.40. The standard InChI is InChI=1S/C11H17N3OS/c1-8-3-4-9(10(7-8)14-12)11(15)13-5-6-16-2/h3-4,7,14H,5-6,12H2,1-2H3,(H,13,15). The van der Waals surface area contributed by atoms with Crippen LogP contribution in [-0.2, 0) is 0 Å². The van der Waals surface area contributed by atoms with E-state index in [4.69, 9.17) is 5.84 Å². The lowest BCUT2D eigenvalue weighted by atomic mass is 10.1. The van der Waals surface area contributed by atoms with Crippen molar-refractivity contribution in [3.63, 3.8) is 0 Å². The molecule has 0 fully saturated rings. The Bertz CT molecular complexity index is 368. The summed E-state index contributed by atoms with van der Waals surface area (Å²) in [6.07, 6.45) is 2.00. The second-order valence-corrected chi connectivity index (χ2v) is 4.43. The van der Waals surface area contributed by atoms with Gasteiger partial charge in [-0.15, -0.1) is 0 Å². The number of hydrogen-bond donors (Lipinski definition) is 3. The molecule has 0 atom stereocenters. The van der Waals surface area contributed by atoms with Gasteiger partial charge in [-0.3, -0.25) is 10.6 Å². The quantitative estimate of drug-likeness (QED) is 0.412. The van der Waals surface area contributed by atoms with E-state index in [2.05, 4.69) is 10.7 Å². The summed E-state index contributed by atoms with van der Waals surface area (Å²) >= 11 is 1.70. The molecule has 4 nitrogen and oxygen atoms in total. The van der Waals surface area contributed by atoms with E-state index in [0.29, 0.717) is 17.8 Å². The third-order valence-electron chi connectivity index (χ3n) is 2.17. The molecule has 1 aromatic rings. The van der Waals surface area contributed by atoms with Crippen LogP contribution < -0.4 is 16.6 Å². The minimum Gasteiger partial charge on any atom is -0.351 e. The van der Waals surface area contributed by atoms with Crippen molar-refractivity contribution in [1.29, 1.82) is 0 Å². The van der Waals surface area contributed by atoms with E-state index in [1.54, 1.807) is 17.8 Å². The molecule has 1 amide bonds. The van der Waals surface area contributed by atoms with Gasteiger partial charge in [0.25, 0.3) is 5.91 Å². The molecule has 0 spiro atoms. The highest BCUT2D eigenvalue weighted by Gasteiger charge is 2.09. The molecule has 1 aromatic carbocycles. The Morgan fingerprint density at radius 2 is 2.25 bits per heavy atom. The van der Waals surface area contributed by atoms with E-state index in [-0.39, 0.29) is 5.91 Å². The molecule has 0 aliphatic rings. The van der Waals surface area contributed by atoms with Crippen molar-refractivity contribution in [2.75, 3.05) is 24.0 Å². The third-order valence-corrected chi connectivity index (χ3v) is 2.78. The second-order valence-electron chi connectivity index (χ2n) is 3.44. The highest BCUT2D eigenvalue weighted by Crippen LogP contribution is 2.16. The first kappa shape index (κ1) is 12.9. The van der Waals surface area contributed by atoms with E-state index in [1.807, 2.05) is 25.3 Å². The number of benzene rings is 1. The summed E-state index contributed by atoms with van der Waals surface area (Å²) in [7, 11) is 0. The molecule has 0 aromatic heterocycles.